The van der Waals surface area contributed by atoms with Gasteiger partial charge in [-0.1, -0.05) is 19.8 Å². The molecule has 0 fully saturated rings. The average molecular weight is 402 g/mol. The van der Waals surface area contributed by atoms with Crippen LogP contribution < -0.4 is 0 Å². The van der Waals surface area contributed by atoms with Crippen molar-refractivity contribution in [2.24, 2.45) is 0 Å². The van der Waals surface area contributed by atoms with Gasteiger partial charge in [0.2, 0.25) is 0 Å². The molecule has 0 aromatic rings. The molecule has 0 radical (unpaired) electrons. The molecule has 0 saturated heterocycles. The van der Waals surface area contributed by atoms with E-state index in [1.54, 1.807) is 6.92 Å². The van der Waals surface area contributed by atoms with Crippen molar-refractivity contribution in [3.63, 3.8) is 0 Å². The van der Waals surface area contributed by atoms with Crippen molar-refractivity contribution >= 4 is 0 Å². The number of ether oxygens (including phenoxy) is 1. The zero-order chi connectivity index (χ0) is 20.3. The zero-order valence-corrected chi connectivity index (χ0v) is 12.6. The van der Waals surface area contributed by atoms with E-state index < -0.39 is 49.3 Å². The topological polar surface area (TPSA) is 9.23 Å². The van der Waals surface area contributed by atoms with E-state index in [1.165, 1.54) is 0 Å². The van der Waals surface area contributed by atoms with E-state index in [1.807, 2.05) is 0 Å². The molecular formula is C12H14F12O. The molecule has 0 amide bonds. The Morgan fingerprint density at radius 2 is 1.16 bits per heavy atom. The molecule has 0 bridgehead atoms. The Balaban J connectivity index is 5.79. The van der Waals surface area contributed by atoms with Gasteiger partial charge in [-0.05, 0) is 6.42 Å². The minimum Gasteiger partial charge on any atom is -0.378 e. The van der Waals surface area contributed by atoms with Gasteiger partial charge in [-0.3, -0.25) is 0 Å². The Labute approximate surface area is 134 Å². The summed E-state index contributed by atoms with van der Waals surface area (Å²) in [4.78, 5) is 0. The van der Waals surface area contributed by atoms with Gasteiger partial charge in [-0.15, -0.1) is 0 Å². The van der Waals surface area contributed by atoms with Crippen LogP contribution >= 0.6 is 0 Å². The number of hydrogen-bond acceptors (Lipinski definition) is 1. The van der Waals surface area contributed by atoms with Crippen LogP contribution in [-0.4, -0.2) is 49.3 Å². The van der Waals surface area contributed by atoms with Crippen LogP contribution in [0.15, 0.2) is 0 Å². The lowest BCUT2D eigenvalue weighted by Gasteiger charge is -2.39. The van der Waals surface area contributed by atoms with E-state index in [0.717, 1.165) is 0 Å². The maximum atomic E-state index is 13.9. The third kappa shape index (κ3) is 4.85. The van der Waals surface area contributed by atoms with E-state index in [2.05, 4.69) is 4.74 Å². The highest BCUT2D eigenvalue weighted by atomic mass is 19.4. The SMILES string of the molecule is CCCCCOCC(F)(C(F)C(F)(C(F)(F)F)C(F)(F)F)C(F)(F)F. The summed E-state index contributed by atoms with van der Waals surface area (Å²) >= 11 is 0. The molecular weight excluding hydrogens is 388 g/mol. The van der Waals surface area contributed by atoms with Crippen LogP contribution in [0.3, 0.4) is 0 Å². The second-order valence-electron chi connectivity index (χ2n) is 5.19. The lowest BCUT2D eigenvalue weighted by atomic mass is 9.85. The van der Waals surface area contributed by atoms with Gasteiger partial charge in [-0.2, -0.15) is 39.5 Å². The van der Waals surface area contributed by atoms with Crippen LogP contribution in [-0.2, 0) is 4.74 Å². The quantitative estimate of drug-likeness (QED) is 0.378. The van der Waals surface area contributed by atoms with Gasteiger partial charge in [0.25, 0.3) is 5.67 Å². The molecule has 2 unspecified atom stereocenters. The molecule has 25 heavy (non-hydrogen) atoms. The van der Waals surface area contributed by atoms with Gasteiger partial charge in [-0.25, -0.2) is 13.2 Å². The molecule has 0 aromatic carbocycles. The van der Waals surface area contributed by atoms with Crippen LogP contribution in [0.5, 0.6) is 0 Å². The summed E-state index contributed by atoms with van der Waals surface area (Å²) in [6.07, 6.45) is -25.8. The molecule has 0 rings (SSSR count). The van der Waals surface area contributed by atoms with Gasteiger partial charge < -0.3 is 4.74 Å². The number of alkyl halides is 12. The van der Waals surface area contributed by atoms with Gasteiger partial charge in [0.1, 0.15) is 0 Å². The summed E-state index contributed by atoms with van der Waals surface area (Å²) < 4.78 is 157. The Morgan fingerprint density at radius 3 is 1.48 bits per heavy atom. The van der Waals surface area contributed by atoms with Gasteiger partial charge >= 0.3 is 24.2 Å². The first-order valence-corrected chi connectivity index (χ1v) is 6.76. The summed E-state index contributed by atoms with van der Waals surface area (Å²) in [6, 6.07) is 0. The molecule has 152 valence electrons. The summed E-state index contributed by atoms with van der Waals surface area (Å²) in [5.74, 6) is 0. The summed E-state index contributed by atoms with van der Waals surface area (Å²) in [7, 11) is 0. The maximum Gasteiger partial charge on any atom is 0.434 e. The lowest BCUT2D eigenvalue weighted by molar-refractivity contribution is -0.385. The van der Waals surface area contributed by atoms with Crippen molar-refractivity contribution in [3.8, 4) is 0 Å². The third-order valence-corrected chi connectivity index (χ3v) is 3.25. The molecule has 0 spiro atoms. The molecule has 0 aliphatic heterocycles. The molecule has 0 N–H and O–H groups in total. The Bertz CT molecular complexity index is 398. The molecule has 0 aromatic heterocycles. The second-order valence-corrected chi connectivity index (χ2v) is 5.19. The second kappa shape index (κ2) is 7.78. The van der Waals surface area contributed by atoms with Crippen molar-refractivity contribution in [3.05, 3.63) is 0 Å². The van der Waals surface area contributed by atoms with Gasteiger partial charge in [0, 0.05) is 6.61 Å². The number of unbranched alkanes of at least 4 members (excludes halogenated alkanes) is 2. The largest absolute Gasteiger partial charge is 0.434 e. The Morgan fingerprint density at radius 1 is 0.720 bits per heavy atom. The monoisotopic (exact) mass is 402 g/mol. The standard InChI is InChI=1S/C12H14F12O/c1-2-3-4-5-25-6-8(14,10(16,17)18)7(13)9(15,11(19,20)21)12(22,23)24/h7H,2-6H2,1H3. The smallest absolute Gasteiger partial charge is 0.378 e. The number of rotatable bonds is 8. The predicted octanol–water partition coefficient (Wildman–Crippen LogP) is 5.63. The summed E-state index contributed by atoms with van der Waals surface area (Å²) in [5, 5.41) is 0. The summed E-state index contributed by atoms with van der Waals surface area (Å²) in [6.45, 7) is -1.62. The molecule has 0 heterocycles. The predicted molar refractivity (Wildman–Crippen MR) is 61.1 cm³/mol. The fraction of sp³-hybridized carbons (Fsp3) is 1.00. The minimum atomic E-state index is -7.19. The highest BCUT2D eigenvalue weighted by molar-refractivity contribution is 5.11. The average Bonchev–Trinajstić information content (AvgIpc) is 2.41. The Hall–Kier alpha value is -0.880. The first-order valence-electron chi connectivity index (χ1n) is 6.76. The minimum absolute atomic E-state index is 0.0132. The van der Waals surface area contributed by atoms with Crippen molar-refractivity contribution in [2.45, 2.75) is 62.2 Å². The van der Waals surface area contributed by atoms with Crippen molar-refractivity contribution in [1.29, 1.82) is 0 Å². The van der Waals surface area contributed by atoms with Crippen LogP contribution in [0.25, 0.3) is 0 Å². The molecule has 13 heteroatoms. The highest BCUT2D eigenvalue weighted by Crippen LogP contribution is 2.55. The van der Waals surface area contributed by atoms with E-state index in [0.29, 0.717) is 12.8 Å². The van der Waals surface area contributed by atoms with Crippen molar-refractivity contribution < 1.29 is 57.4 Å². The van der Waals surface area contributed by atoms with Gasteiger partial charge in [0.05, 0.1) is 6.61 Å². The fourth-order valence-corrected chi connectivity index (χ4v) is 1.74. The molecule has 0 aliphatic rings. The van der Waals surface area contributed by atoms with Crippen LogP contribution in [0.1, 0.15) is 26.2 Å². The normalized spacial score (nSPS) is 18.1. The molecule has 2 atom stereocenters. The van der Waals surface area contributed by atoms with Crippen LogP contribution in [0, 0.1) is 0 Å². The summed E-state index contributed by atoms with van der Waals surface area (Å²) in [5.41, 5.74) is -12.9. The van der Waals surface area contributed by atoms with E-state index >= 15 is 0 Å². The van der Waals surface area contributed by atoms with E-state index in [9.17, 15) is 52.7 Å². The van der Waals surface area contributed by atoms with E-state index in [-0.39, 0.29) is 6.42 Å². The van der Waals surface area contributed by atoms with E-state index in [4.69, 9.17) is 0 Å². The Kier molecular flexibility index (Phi) is 7.51. The van der Waals surface area contributed by atoms with Crippen molar-refractivity contribution in [1.82, 2.24) is 0 Å². The first-order chi connectivity index (χ1) is 11.0. The maximum absolute atomic E-state index is 13.9. The van der Waals surface area contributed by atoms with Crippen LogP contribution in [0.4, 0.5) is 52.7 Å². The van der Waals surface area contributed by atoms with Gasteiger partial charge in [0.15, 0.2) is 6.17 Å². The molecule has 1 nitrogen and oxygen atoms in total. The fourth-order valence-electron chi connectivity index (χ4n) is 1.74. The highest BCUT2D eigenvalue weighted by Gasteiger charge is 2.83. The third-order valence-electron chi connectivity index (χ3n) is 3.25. The zero-order valence-electron chi connectivity index (χ0n) is 12.6. The molecule has 0 aliphatic carbocycles. The van der Waals surface area contributed by atoms with Crippen molar-refractivity contribution in [2.75, 3.05) is 13.2 Å². The number of hydrogen-bond donors (Lipinski definition) is 0. The molecule has 0 saturated carbocycles. The number of halogens is 12. The lowest BCUT2D eigenvalue weighted by Crippen LogP contribution is -2.69. The van der Waals surface area contributed by atoms with Crippen LogP contribution in [0.2, 0.25) is 0 Å². The first kappa shape index (κ1) is 24.1.